The van der Waals surface area contributed by atoms with E-state index in [9.17, 15) is 9.59 Å². The Morgan fingerprint density at radius 2 is 1.74 bits per heavy atom. The second kappa shape index (κ2) is 4.85. The Morgan fingerprint density at radius 3 is 2.32 bits per heavy atom. The standard InChI is InChI=1S/C15H15NO2S/c1-19-11-6-4-5-10(9-11)16-14(17)12-7-2-3-8-13(12)15(16)18/h2-6,9,12-13H,7-8H2,1H3. The lowest BCUT2D eigenvalue weighted by atomic mass is 9.85. The minimum atomic E-state index is -0.157. The summed E-state index contributed by atoms with van der Waals surface area (Å²) in [6.45, 7) is 0. The first-order valence-electron chi connectivity index (χ1n) is 6.39. The molecule has 1 fully saturated rings. The summed E-state index contributed by atoms with van der Waals surface area (Å²) in [4.78, 5) is 27.3. The van der Waals surface area contributed by atoms with Crippen molar-refractivity contribution in [1.82, 2.24) is 0 Å². The molecule has 2 aliphatic rings. The average molecular weight is 273 g/mol. The quantitative estimate of drug-likeness (QED) is 0.472. The Bertz CT molecular complexity index is 541. The van der Waals surface area contributed by atoms with Gasteiger partial charge in [0.2, 0.25) is 11.8 Å². The number of benzene rings is 1. The number of fused-ring (bicyclic) bond motifs is 1. The van der Waals surface area contributed by atoms with Crippen molar-refractivity contribution in [3.05, 3.63) is 36.4 Å². The molecule has 2 unspecified atom stereocenters. The summed E-state index contributed by atoms with van der Waals surface area (Å²) in [6.07, 6.45) is 7.38. The number of thioether (sulfide) groups is 1. The van der Waals surface area contributed by atoms with Crippen molar-refractivity contribution in [2.75, 3.05) is 11.2 Å². The number of anilines is 1. The van der Waals surface area contributed by atoms with Crippen molar-refractivity contribution in [2.24, 2.45) is 11.8 Å². The van der Waals surface area contributed by atoms with E-state index in [0.717, 1.165) is 4.90 Å². The molecule has 2 atom stereocenters. The molecule has 1 aliphatic heterocycles. The van der Waals surface area contributed by atoms with Crippen LogP contribution in [0.1, 0.15) is 12.8 Å². The fourth-order valence-electron chi connectivity index (χ4n) is 2.80. The number of carbonyl (C=O) groups excluding carboxylic acids is 2. The van der Waals surface area contributed by atoms with E-state index in [2.05, 4.69) is 0 Å². The van der Waals surface area contributed by atoms with Gasteiger partial charge in [-0.05, 0) is 37.3 Å². The number of rotatable bonds is 2. The molecule has 1 aromatic carbocycles. The molecule has 1 aliphatic carbocycles. The van der Waals surface area contributed by atoms with E-state index in [0.29, 0.717) is 18.5 Å². The van der Waals surface area contributed by atoms with Crippen LogP contribution in [0.4, 0.5) is 5.69 Å². The van der Waals surface area contributed by atoms with E-state index in [1.54, 1.807) is 11.8 Å². The number of amides is 2. The lowest BCUT2D eigenvalue weighted by molar-refractivity contribution is -0.122. The van der Waals surface area contributed by atoms with E-state index in [1.807, 2.05) is 42.7 Å². The fourth-order valence-corrected chi connectivity index (χ4v) is 3.26. The van der Waals surface area contributed by atoms with Gasteiger partial charge >= 0.3 is 0 Å². The van der Waals surface area contributed by atoms with Crippen LogP contribution in [0, 0.1) is 11.8 Å². The summed E-state index contributed by atoms with van der Waals surface area (Å²) in [7, 11) is 0. The Hall–Kier alpha value is -1.55. The highest BCUT2D eigenvalue weighted by molar-refractivity contribution is 7.98. The third-order valence-electron chi connectivity index (χ3n) is 3.82. The predicted molar refractivity (Wildman–Crippen MR) is 76.1 cm³/mol. The van der Waals surface area contributed by atoms with Crippen molar-refractivity contribution < 1.29 is 9.59 Å². The minimum Gasteiger partial charge on any atom is -0.274 e. The van der Waals surface area contributed by atoms with E-state index in [4.69, 9.17) is 0 Å². The first-order chi connectivity index (χ1) is 9.22. The van der Waals surface area contributed by atoms with Crippen LogP contribution in [0.25, 0.3) is 0 Å². The molecule has 0 N–H and O–H groups in total. The fraction of sp³-hybridized carbons (Fsp3) is 0.333. The zero-order valence-electron chi connectivity index (χ0n) is 10.7. The van der Waals surface area contributed by atoms with Gasteiger partial charge in [0.1, 0.15) is 0 Å². The molecule has 4 heteroatoms. The summed E-state index contributed by atoms with van der Waals surface area (Å²) >= 11 is 1.61. The van der Waals surface area contributed by atoms with Crippen molar-refractivity contribution in [2.45, 2.75) is 17.7 Å². The lowest BCUT2D eigenvalue weighted by Gasteiger charge is -2.15. The summed E-state index contributed by atoms with van der Waals surface area (Å²) in [5.41, 5.74) is 0.705. The molecule has 19 heavy (non-hydrogen) atoms. The van der Waals surface area contributed by atoms with Crippen LogP contribution in [-0.2, 0) is 9.59 Å². The molecule has 0 radical (unpaired) electrons. The molecule has 2 amide bonds. The second-order valence-electron chi connectivity index (χ2n) is 4.87. The molecule has 0 spiro atoms. The predicted octanol–water partition coefficient (Wildman–Crippen LogP) is 2.86. The van der Waals surface area contributed by atoms with Gasteiger partial charge in [-0.15, -0.1) is 11.8 Å². The van der Waals surface area contributed by atoms with Crippen LogP contribution < -0.4 is 4.90 Å². The molecule has 98 valence electrons. The molecule has 0 bridgehead atoms. The maximum atomic E-state index is 12.4. The third-order valence-corrected chi connectivity index (χ3v) is 4.54. The SMILES string of the molecule is CSc1cccc(N2C(=O)C3CC=CCC3C2=O)c1. The number of imide groups is 1. The zero-order valence-corrected chi connectivity index (χ0v) is 11.5. The zero-order chi connectivity index (χ0) is 13.4. The van der Waals surface area contributed by atoms with Crippen LogP contribution in [0.5, 0.6) is 0 Å². The number of hydrogen-bond acceptors (Lipinski definition) is 3. The van der Waals surface area contributed by atoms with Crippen molar-refractivity contribution in [3.8, 4) is 0 Å². The van der Waals surface area contributed by atoms with E-state index in [-0.39, 0.29) is 23.7 Å². The summed E-state index contributed by atoms with van der Waals surface area (Å²) < 4.78 is 0. The van der Waals surface area contributed by atoms with Gasteiger partial charge in [-0.1, -0.05) is 18.2 Å². The van der Waals surface area contributed by atoms with Crippen molar-refractivity contribution in [1.29, 1.82) is 0 Å². The summed E-state index contributed by atoms with van der Waals surface area (Å²) in [5, 5.41) is 0. The van der Waals surface area contributed by atoms with Gasteiger partial charge in [0, 0.05) is 4.90 Å². The van der Waals surface area contributed by atoms with Gasteiger partial charge in [-0.3, -0.25) is 9.59 Å². The topological polar surface area (TPSA) is 37.4 Å². The summed E-state index contributed by atoms with van der Waals surface area (Å²) in [5.74, 6) is -0.402. The van der Waals surface area contributed by atoms with E-state index >= 15 is 0 Å². The van der Waals surface area contributed by atoms with Gasteiger partial charge in [-0.25, -0.2) is 4.90 Å². The molecule has 0 saturated carbocycles. The smallest absolute Gasteiger partial charge is 0.238 e. The normalized spacial score (nSPS) is 25.8. The van der Waals surface area contributed by atoms with Crippen LogP contribution in [0.3, 0.4) is 0 Å². The molecule has 3 nitrogen and oxygen atoms in total. The first kappa shape index (κ1) is 12.5. The van der Waals surface area contributed by atoms with Gasteiger partial charge in [0.05, 0.1) is 17.5 Å². The summed E-state index contributed by atoms with van der Waals surface area (Å²) in [6, 6.07) is 7.61. The molecular weight excluding hydrogens is 258 g/mol. The maximum absolute atomic E-state index is 12.4. The largest absolute Gasteiger partial charge is 0.274 e. The van der Waals surface area contributed by atoms with Crippen LogP contribution in [0.15, 0.2) is 41.3 Å². The molecule has 1 heterocycles. The first-order valence-corrected chi connectivity index (χ1v) is 7.61. The van der Waals surface area contributed by atoms with Gasteiger partial charge in [-0.2, -0.15) is 0 Å². The van der Waals surface area contributed by atoms with Crippen LogP contribution in [0.2, 0.25) is 0 Å². The molecule has 1 saturated heterocycles. The average Bonchev–Trinajstić information content (AvgIpc) is 2.72. The number of hydrogen-bond donors (Lipinski definition) is 0. The highest BCUT2D eigenvalue weighted by Gasteiger charge is 2.47. The number of nitrogens with zero attached hydrogens (tertiary/aromatic N) is 1. The highest BCUT2D eigenvalue weighted by Crippen LogP contribution is 2.38. The molecule has 1 aromatic rings. The Kier molecular flexibility index (Phi) is 3.19. The Balaban J connectivity index is 1.97. The maximum Gasteiger partial charge on any atom is 0.238 e. The monoisotopic (exact) mass is 273 g/mol. The van der Waals surface area contributed by atoms with E-state index < -0.39 is 0 Å². The second-order valence-corrected chi connectivity index (χ2v) is 5.75. The third kappa shape index (κ3) is 2.00. The molecule has 0 aromatic heterocycles. The van der Waals surface area contributed by atoms with Crippen molar-refractivity contribution >= 4 is 29.3 Å². The van der Waals surface area contributed by atoms with Gasteiger partial charge in [0.25, 0.3) is 0 Å². The number of allylic oxidation sites excluding steroid dienone is 2. The van der Waals surface area contributed by atoms with Gasteiger partial charge < -0.3 is 0 Å². The minimum absolute atomic E-state index is 0.0439. The Morgan fingerprint density at radius 1 is 1.11 bits per heavy atom. The number of carbonyl (C=O) groups is 2. The Labute approximate surface area is 116 Å². The van der Waals surface area contributed by atoms with Crippen molar-refractivity contribution in [3.63, 3.8) is 0 Å². The van der Waals surface area contributed by atoms with Crippen LogP contribution >= 0.6 is 11.8 Å². The molecular formula is C15H15NO2S. The highest BCUT2D eigenvalue weighted by atomic mass is 32.2. The van der Waals surface area contributed by atoms with Crippen LogP contribution in [-0.4, -0.2) is 18.1 Å². The molecule has 3 rings (SSSR count). The lowest BCUT2D eigenvalue weighted by Crippen LogP contribution is -2.30. The van der Waals surface area contributed by atoms with Gasteiger partial charge in [0.15, 0.2) is 0 Å². The van der Waals surface area contributed by atoms with E-state index in [1.165, 1.54) is 4.90 Å².